The molecule has 0 aromatic carbocycles. The molecule has 0 aliphatic carbocycles. The van der Waals surface area contributed by atoms with Crippen LogP contribution in [0, 0.1) is 0 Å². The molecule has 1 aromatic rings. The van der Waals surface area contributed by atoms with Gasteiger partial charge in [-0.2, -0.15) is 0 Å². The van der Waals surface area contributed by atoms with Gasteiger partial charge in [0.05, 0.1) is 31.2 Å². The van der Waals surface area contributed by atoms with E-state index >= 15 is 0 Å². The highest BCUT2D eigenvalue weighted by atomic mass is 16.5. The zero-order valence-electron chi connectivity index (χ0n) is 12.6. The van der Waals surface area contributed by atoms with Gasteiger partial charge >= 0.3 is 0 Å². The largest absolute Gasteiger partial charge is 0.383 e. The number of ether oxygens (including phenoxy) is 2. The van der Waals surface area contributed by atoms with Gasteiger partial charge in [0, 0.05) is 33.3 Å². The van der Waals surface area contributed by atoms with Gasteiger partial charge in [-0.25, -0.2) is 4.68 Å². The Morgan fingerprint density at radius 1 is 1.62 bits per heavy atom. The number of methoxy groups -OCH3 is 1. The molecular weight excluding hydrogens is 274 g/mol. The molecule has 21 heavy (non-hydrogen) atoms. The minimum atomic E-state index is 0.0499. The first kappa shape index (κ1) is 15.9. The first-order valence-electron chi connectivity index (χ1n) is 7.17. The highest BCUT2D eigenvalue weighted by molar-refractivity contribution is 5.76. The number of aromatic nitrogens is 3. The summed E-state index contributed by atoms with van der Waals surface area (Å²) in [6.07, 6.45) is 1.89. The van der Waals surface area contributed by atoms with Crippen molar-refractivity contribution in [3.8, 4) is 0 Å². The average molecular weight is 297 g/mol. The molecule has 118 valence electrons. The monoisotopic (exact) mass is 297 g/mol. The van der Waals surface area contributed by atoms with Crippen molar-refractivity contribution in [3.63, 3.8) is 0 Å². The van der Waals surface area contributed by atoms with Crippen molar-refractivity contribution in [3.05, 3.63) is 11.9 Å². The lowest BCUT2D eigenvalue weighted by atomic mass is 10.3. The van der Waals surface area contributed by atoms with Crippen LogP contribution in [0.1, 0.15) is 12.6 Å². The lowest BCUT2D eigenvalue weighted by molar-refractivity contribution is -0.139. The lowest BCUT2D eigenvalue weighted by Crippen LogP contribution is -2.45. The van der Waals surface area contributed by atoms with Crippen molar-refractivity contribution in [2.24, 2.45) is 0 Å². The van der Waals surface area contributed by atoms with Gasteiger partial charge in [0.15, 0.2) is 0 Å². The van der Waals surface area contributed by atoms with E-state index in [4.69, 9.17) is 9.47 Å². The van der Waals surface area contributed by atoms with Gasteiger partial charge in [0.2, 0.25) is 5.91 Å². The molecule has 0 saturated carbocycles. The molecule has 1 unspecified atom stereocenters. The first-order chi connectivity index (χ1) is 10.2. The Balaban J connectivity index is 1.77. The van der Waals surface area contributed by atoms with Gasteiger partial charge in [-0.05, 0) is 6.92 Å². The minimum Gasteiger partial charge on any atom is -0.383 e. The van der Waals surface area contributed by atoms with Gasteiger partial charge in [0.1, 0.15) is 6.54 Å². The lowest BCUT2D eigenvalue weighted by Gasteiger charge is -2.31. The normalized spacial score (nSPS) is 19.0. The molecule has 1 fully saturated rings. The second kappa shape index (κ2) is 8.06. The molecule has 8 heteroatoms. The van der Waals surface area contributed by atoms with Crippen LogP contribution in [0.2, 0.25) is 0 Å². The molecule has 1 saturated heterocycles. The van der Waals surface area contributed by atoms with Crippen LogP contribution in [0.25, 0.3) is 0 Å². The van der Waals surface area contributed by atoms with Gasteiger partial charge in [-0.1, -0.05) is 5.21 Å². The standard InChI is InChI=1S/C13H23N5O3/c1-11-8-17(4-6-21-11)13(19)10-18-9-12(15-16-18)7-14-3-5-20-2/h9,11,14H,3-8,10H2,1-2H3. The number of carbonyl (C=O) groups is 1. The molecule has 2 rings (SSSR count). The third kappa shape index (κ3) is 5.07. The second-order valence-electron chi connectivity index (χ2n) is 5.10. The van der Waals surface area contributed by atoms with E-state index in [1.54, 1.807) is 18.0 Å². The molecule has 0 radical (unpaired) electrons. The fraction of sp³-hybridized carbons (Fsp3) is 0.769. The quantitative estimate of drug-likeness (QED) is 0.668. The summed E-state index contributed by atoms with van der Waals surface area (Å²) in [5, 5.41) is 11.2. The van der Waals surface area contributed by atoms with Gasteiger partial charge < -0.3 is 19.7 Å². The van der Waals surface area contributed by atoms with E-state index in [1.165, 1.54) is 0 Å². The summed E-state index contributed by atoms with van der Waals surface area (Å²) in [5.41, 5.74) is 0.814. The smallest absolute Gasteiger partial charge is 0.244 e. The zero-order valence-corrected chi connectivity index (χ0v) is 12.6. The van der Waals surface area contributed by atoms with E-state index in [1.807, 2.05) is 11.8 Å². The SMILES string of the molecule is COCCNCc1cn(CC(=O)N2CCOC(C)C2)nn1. The van der Waals surface area contributed by atoms with Crippen LogP contribution in [0.3, 0.4) is 0 Å². The molecule has 1 aromatic heterocycles. The van der Waals surface area contributed by atoms with Gasteiger partial charge in [0.25, 0.3) is 0 Å². The summed E-state index contributed by atoms with van der Waals surface area (Å²) < 4.78 is 12.0. The maximum absolute atomic E-state index is 12.2. The summed E-state index contributed by atoms with van der Waals surface area (Å²) >= 11 is 0. The molecule has 8 nitrogen and oxygen atoms in total. The molecule has 1 amide bonds. The Bertz CT molecular complexity index is 451. The fourth-order valence-corrected chi connectivity index (χ4v) is 2.17. The highest BCUT2D eigenvalue weighted by Crippen LogP contribution is 2.05. The molecule has 1 atom stereocenters. The molecule has 0 spiro atoms. The summed E-state index contributed by atoms with van der Waals surface area (Å²) in [7, 11) is 1.66. The molecule has 2 heterocycles. The highest BCUT2D eigenvalue weighted by Gasteiger charge is 2.21. The van der Waals surface area contributed by atoms with E-state index < -0.39 is 0 Å². The van der Waals surface area contributed by atoms with Gasteiger partial charge in [-0.15, -0.1) is 5.10 Å². The molecule has 1 aliphatic heterocycles. The van der Waals surface area contributed by atoms with Crippen LogP contribution in [-0.4, -0.2) is 71.9 Å². The molecule has 1 N–H and O–H groups in total. The van der Waals surface area contributed by atoms with E-state index in [0.29, 0.717) is 32.8 Å². The number of carbonyl (C=O) groups excluding carboxylic acids is 1. The number of hydrogen-bond acceptors (Lipinski definition) is 6. The molecular formula is C13H23N5O3. The number of nitrogens with zero attached hydrogens (tertiary/aromatic N) is 4. The topological polar surface area (TPSA) is 81.5 Å². The Labute approximate surface area is 124 Å². The third-order valence-electron chi connectivity index (χ3n) is 3.27. The summed E-state index contributed by atoms with van der Waals surface area (Å²) in [5.74, 6) is 0.0499. The van der Waals surface area contributed by atoms with Crippen molar-refractivity contribution in [2.45, 2.75) is 26.1 Å². The molecule has 1 aliphatic rings. The number of morpholine rings is 1. The predicted molar refractivity (Wildman–Crippen MR) is 75.6 cm³/mol. The number of nitrogens with one attached hydrogen (secondary N) is 1. The second-order valence-corrected chi connectivity index (χ2v) is 5.10. The zero-order chi connectivity index (χ0) is 15.1. The molecule has 0 bridgehead atoms. The van der Waals surface area contributed by atoms with Crippen LogP contribution in [0.5, 0.6) is 0 Å². The van der Waals surface area contributed by atoms with E-state index in [-0.39, 0.29) is 18.6 Å². The van der Waals surface area contributed by atoms with E-state index in [0.717, 1.165) is 12.2 Å². The van der Waals surface area contributed by atoms with Crippen LogP contribution in [0.4, 0.5) is 0 Å². The summed E-state index contributed by atoms with van der Waals surface area (Å²) in [6.45, 7) is 6.10. The van der Waals surface area contributed by atoms with Crippen LogP contribution in [-0.2, 0) is 27.4 Å². The van der Waals surface area contributed by atoms with Crippen molar-refractivity contribution in [1.82, 2.24) is 25.2 Å². The maximum atomic E-state index is 12.2. The Hall–Kier alpha value is -1.51. The van der Waals surface area contributed by atoms with Crippen LogP contribution < -0.4 is 5.32 Å². The average Bonchev–Trinajstić information content (AvgIpc) is 2.91. The van der Waals surface area contributed by atoms with Crippen molar-refractivity contribution >= 4 is 5.91 Å². The van der Waals surface area contributed by atoms with E-state index in [2.05, 4.69) is 15.6 Å². The number of amides is 1. The maximum Gasteiger partial charge on any atom is 0.244 e. The van der Waals surface area contributed by atoms with Crippen LogP contribution in [0.15, 0.2) is 6.20 Å². The first-order valence-corrected chi connectivity index (χ1v) is 7.17. The number of hydrogen-bond donors (Lipinski definition) is 1. The summed E-state index contributed by atoms with van der Waals surface area (Å²) in [4.78, 5) is 14.0. The van der Waals surface area contributed by atoms with Crippen molar-refractivity contribution in [1.29, 1.82) is 0 Å². The third-order valence-corrected chi connectivity index (χ3v) is 3.27. The van der Waals surface area contributed by atoms with Crippen molar-refractivity contribution < 1.29 is 14.3 Å². The van der Waals surface area contributed by atoms with Gasteiger partial charge in [-0.3, -0.25) is 4.79 Å². The minimum absolute atomic E-state index is 0.0499. The number of rotatable bonds is 7. The predicted octanol–water partition coefficient (Wildman–Crippen LogP) is -0.739. The Kier molecular flexibility index (Phi) is 6.09. The Morgan fingerprint density at radius 2 is 2.48 bits per heavy atom. The van der Waals surface area contributed by atoms with E-state index in [9.17, 15) is 4.79 Å². The van der Waals surface area contributed by atoms with Crippen LogP contribution >= 0.6 is 0 Å². The summed E-state index contributed by atoms with van der Waals surface area (Å²) in [6, 6.07) is 0. The Morgan fingerprint density at radius 3 is 3.24 bits per heavy atom. The fourth-order valence-electron chi connectivity index (χ4n) is 2.17. The van der Waals surface area contributed by atoms with Crippen molar-refractivity contribution in [2.75, 3.05) is 40.0 Å².